The summed E-state index contributed by atoms with van der Waals surface area (Å²) in [7, 11) is 1.66. The lowest BCUT2D eigenvalue weighted by Crippen LogP contribution is -2.26. The third-order valence-corrected chi connectivity index (χ3v) is 3.24. The van der Waals surface area contributed by atoms with E-state index in [4.69, 9.17) is 9.47 Å². The van der Waals surface area contributed by atoms with E-state index >= 15 is 0 Å². The number of carbonyl (C=O) groups excluding carboxylic acids is 1. The van der Waals surface area contributed by atoms with Gasteiger partial charge in [0, 0.05) is 24.0 Å². The topological polar surface area (TPSA) is 47.6 Å². The molecule has 0 fully saturated rings. The van der Waals surface area contributed by atoms with Crippen LogP contribution in [0.4, 0.5) is 0 Å². The van der Waals surface area contributed by atoms with Gasteiger partial charge in [-0.2, -0.15) is 0 Å². The first-order valence-electron chi connectivity index (χ1n) is 6.31. The molecule has 1 aromatic rings. The van der Waals surface area contributed by atoms with Gasteiger partial charge in [0.25, 0.3) is 5.91 Å². The van der Waals surface area contributed by atoms with Crippen LogP contribution in [0.2, 0.25) is 0 Å². The van der Waals surface area contributed by atoms with Gasteiger partial charge in [0.1, 0.15) is 5.75 Å². The van der Waals surface area contributed by atoms with Crippen molar-refractivity contribution < 1.29 is 14.3 Å². The number of hydrogen-bond acceptors (Lipinski definition) is 3. The minimum atomic E-state index is -0.0693. The molecule has 4 nitrogen and oxygen atoms in total. The van der Waals surface area contributed by atoms with Crippen molar-refractivity contribution in [3.05, 3.63) is 29.8 Å². The average Bonchev–Trinajstić information content (AvgIpc) is 2.40. The molecule has 0 aliphatic carbocycles. The Morgan fingerprint density at radius 1 is 1.37 bits per heavy atom. The molecule has 106 valence electrons. The van der Waals surface area contributed by atoms with Gasteiger partial charge in [-0.25, -0.2) is 0 Å². The highest BCUT2D eigenvalue weighted by atomic mass is 79.9. The standard InChI is InChI=1S/C14H20BrNO3/c1-3-19-13-6-4-11(5-7-13)14(17)16-9-8-12(15)10-18-2/h4-7,12H,3,8-10H2,1-2H3,(H,16,17). The van der Waals surface area contributed by atoms with Crippen molar-refractivity contribution >= 4 is 21.8 Å². The summed E-state index contributed by atoms with van der Waals surface area (Å²) in [6, 6.07) is 7.13. The normalized spacial score (nSPS) is 11.9. The highest BCUT2D eigenvalue weighted by Gasteiger charge is 2.07. The summed E-state index contributed by atoms with van der Waals surface area (Å²) in [4.78, 5) is 12.1. The Labute approximate surface area is 122 Å². The van der Waals surface area contributed by atoms with Gasteiger partial charge in [0.2, 0.25) is 0 Å². The molecule has 1 N–H and O–H groups in total. The third-order valence-electron chi connectivity index (χ3n) is 2.52. The molecule has 0 radical (unpaired) electrons. The van der Waals surface area contributed by atoms with Gasteiger partial charge in [-0.3, -0.25) is 4.79 Å². The van der Waals surface area contributed by atoms with Gasteiger partial charge in [0.15, 0.2) is 0 Å². The van der Waals surface area contributed by atoms with Gasteiger partial charge in [-0.05, 0) is 37.6 Å². The van der Waals surface area contributed by atoms with Crippen LogP contribution in [0.25, 0.3) is 0 Å². The van der Waals surface area contributed by atoms with Crippen molar-refractivity contribution in [1.82, 2.24) is 5.32 Å². The zero-order valence-electron chi connectivity index (χ0n) is 11.3. The Hall–Kier alpha value is -1.07. The van der Waals surface area contributed by atoms with Crippen molar-refractivity contribution in [3.63, 3.8) is 0 Å². The van der Waals surface area contributed by atoms with E-state index in [9.17, 15) is 4.79 Å². The van der Waals surface area contributed by atoms with Crippen LogP contribution in [-0.2, 0) is 4.74 Å². The zero-order valence-corrected chi connectivity index (χ0v) is 12.9. The first-order chi connectivity index (χ1) is 9.17. The first kappa shape index (κ1) is 16.0. The molecule has 1 atom stereocenters. The molecular formula is C14H20BrNO3. The summed E-state index contributed by atoms with van der Waals surface area (Å²) >= 11 is 3.48. The fourth-order valence-corrected chi connectivity index (χ4v) is 2.07. The molecule has 0 saturated heterocycles. The van der Waals surface area contributed by atoms with E-state index < -0.39 is 0 Å². The molecular weight excluding hydrogens is 310 g/mol. The molecule has 5 heteroatoms. The van der Waals surface area contributed by atoms with Crippen LogP contribution in [0.15, 0.2) is 24.3 Å². The fraction of sp³-hybridized carbons (Fsp3) is 0.500. The lowest BCUT2D eigenvalue weighted by molar-refractivity contribution is 0.0952. The van der Waals surface area contributed by atoms with E-state index in [-0.39, 0.29) is 10.7 Å². The Balaban J connectivity index is 2.36. The van der Waals surface area contributed by atoms with E-state index in [1.165, 1.54) is 0 Å². The Morgan fingerprint density at radius 3 is 2.63 bits per heavy atom. The molecule has 1 aromatic carbocycles. The number of rotatable bonds is 8. The molecule has 0 aliphatic heterocycles. The molecule has 1 rings (SSSR count). The highest BCUT2D eigenvalue weighted by Crippen LogP contribution is 2.12. The summed E-state index contributed by atoms with van der Waals surface area (Å²) in [5.74, 6) is 0.708. The number of benzene rings is 1. The van der Waals surface area contributed by atoms with Crippen molar-refractivity contribution in [1.29, 1.82) is 0 Å². The number of alkyl halides is 1. The van der Waals surface area contributed by atoms with Crippen molar-refractivity contribution in [2.24, 2.45) is 0 Å². The maximum Gasteiger partial charge on any atom is 0.251 e. The van der Waals surface area contributed by atoms with Crippen LogP contribution in [-0.4, -0.2) is 37.6 Å². The third kappa shape index (κ3) is 6.07. The highest BCUT2D eigenvalue weighted by molar-refractivity contribution is 9.09. The van der Waals surface area contributed by atoms with E-state index in [1.54, 1.807) is 31.4 Å². The van der Waals surface area contributed by atoms with Crippen LogP contribution >= 0.6 is 15.9 Å². The molecule has 0 spiro atoms. The van der Waals surface area contributed by atoms with Gasteiger partial charge in [-0.15, -0.1) is 0 Å². The number of hydrogen-bond donors (Lipinski definition) is 1. The van der Waals surface area contributed by atoms with Gasteiger partial charge in [-0.1, -0.05) is 15.9 Å². The predicted octanol–water partition coefficient (Wildman–Crippen LogP) is 2.62. The van der Waals surface area contributed by atoms with Crippen LogP contribution in [0.5, 0.6) is 5.75 Å². The fourth-order valence-electron chi connectivity index (χ4n) is 1.58. The zero-order chi connectivity index (χ0) is 14.1. The Morgan fingerprint density at radius 2 is 2.05 bits per heavy atom. The Kier molecular flexibility index (Phi) is 7.52. The van der Waals surface area contributed by atoms with E-state index in [2.05, 4.69) is 21.2 Å². The van der Waals surface area contributed by atoms with E-state index in [1.807, 2.05) is 6.92 Å². The lowest BCUT2D eigenvalue weighted by Gasteiger charge is -2.10. The summed E-state index contributed by atoms with van der Waals surface area (Å²) < 4.78 is 10.3. The smallest absolute Gasteiger partial charge is 0.251 e. The minimum Gasteiger partial charge on any atom is -0.494 e. The summed E-state index contributed by atoms with van der Waals surface area (Å²) in [5, 5.41) is 2.87. The van der Waals surface area contributed by atoms with Crippen LogP contribution in [0.3, 0.4) is 0 Å². The molecule has 1 unspecified atom stereocenters. The summed E-state index contributed by atoms with van der Waals surface area (Å²) in [5.41, 5.74) is 0.640. The molecule has 0 saturated carbocycles. The number of ether oxygens (including phenoxy) is 2. The first-order valence-corrected chi connectivity index (χ1v) is 7.23. The number of nitrogens with one attached hydrogen (secondary N) is 1. The number of amides is 1. The second kappa shape index (κ2) is 8.93. The molecule has 0 aliphatic rings. The van der Waals surface area contributed by atoms with Gasteiger partial charge < -0.3 is 14.8 Å². The van der Waals surface area contributed by atoms with Crippen LogP contribution in [0, 0.1) is 0 Å². The van der Waals surface area contributed by atoms with Crippen molar-refractivity contribution in [2.75, 3.05) is 26.9 Å². The molecule has 0 bridgehead atoms. The minimum absolute atomic E-state index is 0.0693. The second-order valence-corrected chi connectivity index (χ2v) is 5.35. The van der Waals surface area contributed by atoms with Gasteiger partial charge >= 0.3 is 0 Å². The largest absolute Gasteiger partial charge is 0.494 e. The second-order valence-electron chi connectivity index (χ2n) is 4.05. The molecule has 0 heterocycles. The molecule has 1 amide bonds. The number of halogens is 1. The van der Waals surface area contributed by atoms with Gasteiger partial charge in [0.05, 0.1) is 13.2 Å². The van der Waals surface area contributed by atoms with Crippen LogP contribution < -0.4 is 10.1 Å². The monoisotopic (exact) mass is 329 g/mol. The number of methoxy groups -OCH3 is 1. The van der Waals surface area contributed by atoms with E-state index in [0.29, 0.717) is 25.3 Å². The van der Waals surface area contributed by atoms with Crippen molar-refractivity contribution in [2.45, 2.75) is 18.2 Å². The maximum atomic E-state index is 11.9. The SMILES string of the molecule is CCOc1ccc(C(=O)NCCC(Br)COC)cc1. The molecule has 19 heavy (non-hydrogen) atoms. The predicted molar refractivity (Wildman–Crippen MR) is 79.2 cm³/mol. The van der Waals surface area contributed by atoms with Crippen LogP contribution in [0.1, 0.15) is 23.7 Å². The summed E-state index contributed by atoms with van der Waals surface area (Å²) in [6.07, 6.45) is 0.830. The molecule has 0 aromatic heterocycles. The maximum absolute atomic E-state index is 11.9. The quantitative estimate of drug-likeness (QED) is 0.746. The summed E-state index contributed by atoms with van der Waals surface area (Å²) in [6.45, 7) is 3.80. The van der Waals surface area contributed by atoms with Crippen molar-refractivity contribution in [3.8, 4) is 5.75 Å². The van der Waals surface area contributed by atoms with E-state index in [0.717, 1.165) is 12.2 Å². The number of carbonyl (C=O) groups is 1. The Bertz CT molecular complexity index is 381. The average molecular weight is 330 g/mol. The lowest BCUT2D eigenvalue weighted by atomic mass is 10.2.